The number of likely N-dealkylation sites (N-methyl/N-ethyl adjacent to an activating group) is 1. The van der Waals surface area contributed by atoms with Gasteiger partial charge in [-0.15, -0.1) is 0 Å². The van der Waals surface area contributed by atoms with E-state index in [4.69, 9.17) is 0 Å². The van der Waals surface area contributed by atoms with Crippen LogP contribution in [0.3, 0.4) is 0 Å². The van der Waals surface area contributed by atoms with E-state index in [1.165, 1.54) is 12.1 Å². The smallest absolute Gasteiger partial charge is 0.244 e. The molecule has 1 aromatic rings. The molecule has 2 rings (SSSR count). The summed E-state index contributed by atoms with van der Waals surface area (Å²) >= 11 is 0. The van der Waals surface area contributed by atoms with Crippen LogP contribution in [0.2, 0.25) is 0 Å². The number of carbonyl (C=O) groups excluding carboxylic acids is 1. The van der Waals surface area contributed by atoms with Crippen molar-refractivity contribution < 1.29 is 9.18 Å². The fourth-order valence-corrected chi connectivity index (χ4v) is 2.38. The Balaban J connectivity index is 2.08. The topological polar surface area (TPSA) is 35.6 Å². The predicted molar refractivity (Wildman–Crippen MR) is 73.7 cm³/mol. The van der Waals surface area contributed by atoms with Gasteiger partial charge in [-0.1, -0.05) is 6.07 Å². The van der Waals surface area contributed by atoms with Gasteiger partial charge in [0.05, 0.1) is 6.04 Å². The third kappa shape index (κ3) is 3.11. The standard InChI is InChI=1S/C14H20FN3O/c1-11-14(19)18(9-8-17(11)7-6-16-2)13-5-3-4-12(15)10-13/h3-5,10-11,16H,6-9H2,1-2H3. The van der Waals surface area contributed by atoms with Crippen LogP contribution in [0.1, 0.15) is 6.92 Å². The van der Waals surface area contributed by atoms with E-state index < -0.39 is 0 Å². The number of halogens is 1. The van der Waals surface area contributed by atoms with E-state index in [0.717, 1.165) is 19.6 Å². The summed E-state index contributed by atoms with van der Waals surface area (Å²) in [5.74, 6) is -0.275. The van der Waals surface area contributed by atoms with Gasteiger partial charge in [0.2, 0.25) is 5.91 Å². The van der Waals surface area contributed by atoms with Gasteiger partial charge in [0.25, 0.3) is 0 Å². The highest BCUT2D eigenvalue weighted by Crippen LogP contribution is 2.20. The van der Waals surface area contributed by atoms with Crippen LogP contribution in [0.5, 0.6) is 0 Å². The largest absolute Gasteiger partial charge is 0.318 e. The lowest BCUT2D eigenvalue weighted by Gasteiger charge is -2.39. The molecule has 4 nitrogen and oxygen atoms in total. The summed E-state index contributed by atoms with van der Waals surface area (Å²) in [4.78, 5) is 16.2. The second kappa shape index (κ2) is 6.12. The number of benzene rings is 1. The molecule has 1 aromatic carbocycles. The van der Waals surface area contributed by atoms with Gasteiger partial charge in [0, 0.05) is 31.9 Å². The molecule has 1 aliphatic rings. The van der Waals surface area contributed by atoms with Gasteiger partial charge in [-0.3, -0.25) is 9.69 Å². The first kappa shape index (κ1) is 14.0. The zero-order valence-corrected chi connectivity index (χ0v) is 11.4. The molecule has 1 amide bonds. The van der Waals surface area contributed by atoms with E-state index in [-0.39, 0.29) is 17.8 Å². The molecule has 0 aliphatic carbocycles. The van der Waals surface area contributed by atoms with Gasteiger partial charge in [-0.25, -0.2) is 4.39 Å². The molecular weight excluding hydrogens is 245 g/mol. The van der Waals surface area contributed by atoms with Gasteiger partial charge in [-0.05, 0) is 32.2 Å². The molecule has 0 radical (unpaired) electrons. The van der Waals surface area contributed by atoms with Crippen LogP contribution in [0.4, 0.5) is 10.1 Å². The summed E-state index contributed by atoms with van der Waals surface area (Å²) in [6.45, 7) is 5.03. The van der Waals surface area contributed by atoms with Crippen LogP contribution >= 0.6 is 0 Å². The third-order valence-corrected chi connectivity index (χ3v) is 3.55. The summed E-state index contributed by atoms with van der Waals surface area (Å²) in [7, 11) is 1.90. The Hall–Kier alpha value is -1.46. The van der Waals surface area contributed by atoms with Crippen LogP contribution in [-0.2, 0) is 4.79 Å². The van der Waals surface area contributed by atoms with Crippen LogP contribution < -0.4 is 10.2 Å². The van der Waals surface area contributed by atoms with Gasteiger partial charge in [0.15, 0.2) is 0 Å². The van der Waals surface area contributed by atoms with Crippen molar-refractivity contribution in [2.75, 3.05) is 38.1 Å². The lowest BCUT2D eigenvalue weighted by molar-refractivity contribution is -0.125. The number of rotatable bonds is 4. The van der Waals surface area contributed by atoms with Crippen molar-refractivity contribution in [3.8, 4) is 0 Å². The minimum absolute atomic E-state index is 0.0351. The van der Waals surface area contributed by atoms with E-state index in [1.807, 2.05) is 14.0 Å². The van der Waals surface area contributed by atoms with Crippen molar-refractivity contribution in [2.45, 2.75) is 13.0 Å². The Morgan fingerprint density at radius 2 is 2.21 bits per heavy atom. The quantitative estimate of drug-likeness (QED) is 0.885. The second-order valence-electron chi connectivity index (χ2n) is 4.79. The number of nitrogens with one attached hydrogen (secondary N) is 1. The zero-order valence-electron chi connectivity index (χ0n) is 11.4. The molecule has 0 aromatic heterocycles. The van der Waals surface area contributed by atoms with Crippen molar-refractivity contribution in [1.29, 1.82) is 0 Å². The van der Waals surface area contributed by atoms with E-state index in [9.17, 15) is 9.18 Å². The average Bonchev–Trinajstić information content (AvgIpc) is 2.40. The zero-order chi connectivity index (χ0) is 13.8. The molecule has 5 heteroatoms. The van der Waals surface area contributed by atoms with Crippen LogP contribution in [0.15, 0.2) is 24.3 Å². The number of hydrogen-bond donors (Lipinski definition) is 1. The second-order valence-corrected chi connectivity index (χ2v) is 4.79. The highest BCUT2D eigenvalue weighted by atomic mass is 19.1. The first-order chi connectivity index (χ1) is 9.13. The van der Waals surface area contributed by atoms with Crippen molar-refractivity contribution in [1.82, 2.24) is 10.2 Å². The summed E-state index contributed by atoms with van der Waals surface area (Å²) in [6, 6.07) is 6.05. The molecule has 0 bridgehead atoms. The minimum Gasteiger partial charge on any atom is -0.318 e. The molecule has 19 heavy (non-hydrogen) atoms. The molecule has 0 spiro atoms. The summed E-state index contributed by atoms with van der Waals surface area (Å²) in [6.07, 6.45) is 0. The maximum Gasteiger partial charge on any atom is 0.244 e. The lowest BCUT2D eigenvalue weighted by atomic mass is 10.1. The third-order valence-electron chi connectivity index (χ3n) is 3.55. The van der Waals surface area contributed by atoms with Crippen molar-refractivity contribution in [2.24, 2.45) is 0 Å². The van der Waals surface area contributed by atoms with E-state index >= 15 is 0 Å². The molecule has 1 unspecified atom stereocenters. The number of carbonyl (C=O) groups is 1. The molecule has 104 valence electrons. The molecule has 1 N–H and O–H groups in total. The SMILES string of the molecule is CNCCN1CCN(c2cccc(F)c2)C(=O)C1C. The van der Waals surface area contributed by atoms with E-state index in [1.54, 1.807) is 17.0 Å². The number of anilines is 1. The molecule has 1 saturated heterocycles. The molecule has 1 fully saturated rings. The van der Waals surface area contributed by atoms with E-state index in [2.05, 4.69) is 10.2 Å². The Labute approximate surface area is 113 Å². The Morgan fingerprint density at radius 1 is 1.42 bits per heavy atom. The number of amides is 1. The van der Waals surface area contributed by atoms with E-state index in [0.29, 0.717) is 12.2 Å². The van der Waals surface area contributed by atoms with Gasteiger partial charge in [0.1, 0.15) is 5.82 Å². The average molecular weight is 265 g/mol. The number of nitrogens with zero attached hydrogens (tertiary/aromatic N) is 2. The molecule has 1 aliphatic heterocycles. The molecular formula is C14H20FN3O. The van der Waals surface area contributed by atoms with Crippen molar-refractivity contribution >= 4 is 11.6 Å². The maximum atomic E-state index is 13.2. The monoisotopic (exact) mass is 265 g/mol. The predicted octanol–water partition coefficient (Wildman–Crippen LogP) is 1.08. The summed E-state index contributed by atoms with van der Waals surface area (Å²) in [5, 5.41) is 3.08. The number of piperazine rings is 1. The normalized spacial score (nSPS) is 20.9. The van der Waals surface area contributed by atoms with Crippen LogP contribution in [0.25, 0.3) is 0 Å². The van der Waals surface area contributed by atoms with Crippen LogP contribution in [0, 0.1) is 5.82 Å². The fraction of sp³-hybridized carbons (Fsp3) is 0.500. The first-order valence-electron chi connectivity index (χ1n) is 6.59. The summed E-state index contributed by atoms with van der Waals surface area (Å²) in [5.41, 5.74) is 0.644. The minimum atomic E-state index is -0.310. The summed E-state index contributed by atoms with van der Waals surface area (Å²) < 4.78 is 13.2. The van der Waals surface area contributed by atoms with Crippen molar-refractivity contribution in [3.63, 3.8) is 0 Å². The molecule has 1 heterocycles. The molecule has 0 saturated carbocycles. The highest BCUT2D eigenvalue weighted by molar-refractivity contribution is 5.97. The molecule has 1 atom stereocenters. The number of hydrogen-bond acceptors (Lipinski definition) is 3. The van der Waals surface area contributed by atoms with Gasteiger partial charge in [-0.2, -0.15) is 0 Å². The lowest BCUT2D eigenvalue weighted by Crippen LogP contribution is -2.57. The maximum absolute atomic E-state index is 13.2. The first-order valence-corrected chi connectivity index (χ1v) is 6.59. The van der Waals surface area contributed by atoms with Gasteiger partial charge < -0.3 is 10.2 Å². The van der Waals surface area contributed by atoms with Crippen LogP contribution in [-0.4, -0.2) is 50.1 Å². The Bertz CT molecular complexity index is 452. The van der Waals surface area contributed by atoms with Crippen molar-refractivity contribution in [3.05, 3.63) is 30.1 Å². The fourth-order valence-electron chi connectivity index (χ4n) is 2.38. The highest BCUT2D eigenvalue weighted by Gasteiger charge is 2.31. The van der Waals surface area contributed by atoms with Gasteiger partial charge >= 0.3 is 0 Å². The Morgan fingerprint density at radius 3 is 2.89 bits per heavy atom. The Kier molecular flexibility index (Phi) is 4.50.